The van der Waals surface area contributed by atoms with Crippen molar-refractivity contribution >= 4 is 29.2 Å². The second-order valence-electron chi connectivity index (χ2n) is 6.61. The average Bonchev–Trinajstić information content (AvgIpc) is 3.50. The van der Waals surface area contributed by atoms with Crippen LogP contribution in [0.5, 0.6) is 0 Å². The summed E-state index contributed by atoms with van der Waals surface area (Å²) >= 11 is 0. The summed E-state index contributed by atoms with van der Waals surface area (Å²) in [6.45, 7) is 2.06. The van der Waals surface area contributed by atoms with Crippen LogP contribution in [0, 0.1) is 5.41 Å². The van der Waals surface area contributed by atoms with E-state index in [4.69, 9.17) is 0 Å². The minimum atomic E-state index is -1.06. The van der Waals surface area contributed by atoms with Crippen LogP contribution in [0.4, 0.5) is 11.4 Å². The number of rotatable bonds is 6. The molecule has 2 amide bonds. The van der Waals surface area contributed by atoms with Crippen molar-refractivity contribution in [2.24, 2.45) is 5.41 Å². The zero-order valence-corrected chi connectivity index (χ0v) is 15.4. The molecular formula is C21H22N2O4. The van der Waals surface area contributed by atoms with Crippen LogP contribution in [-0.2, 0) is 20.7 Å². The molecule has 2 N–H and O–H groups in total. The van der Waals surface area contributed by atoms with Crippen molar-refractivity contribution in [1.82, 2.24) is 0 Å². The number of nitrogens with one attached hydrogen (secondary N) is 2. The third-order valence-corrected chi connectivity index (χ3v) is 4.78. The van der Waals surface area contributed by atoms with Crippen molar-refractivity contribution in [1.29, 1.82) is 0 Å². The Bertz CT molecular complexity index is 870. The fourth-order valence-corrected chi connectivity index (χ4v) is 2.85. The highest BCUT2D eigenvalue weighted by Gasteiger charge is 2.56. The molecular weight excluding hydrogens is 344 g/mol. The van der Waals surface area contributed by atoms with E-state index in [1.807, 2.05) is 24.3 Å². The molecule has 1 fully saturated rings. The van der Waals surface area contributed by atoms with Crippen LogP contribution in [0.25, 0.3) is 0 Å². The predicted molar refractivity (Wildman–Crippen MR) is 103 cm³/mol. The minimum absolute atomic E-state index is 0.312. The summed E-state index contributed by atoms with van der Waals surface area (Å²) in [7, 11) is 1.30. The maximum Gasteiger partial charge on any atom is 0.337 e. The molecule has 0 bridgehead atoms. The van der Waals surface area contributed by atoms with Gasteiger partial charge in [-0.1, -0.05) is 25.1 Å². The molecule has 1 aliphatic carbocycles. The Labute approximate surface area is 157 Å². The first kappa shape index (κ1) is 18.6. The highest BCUT2D eigenvalue weighted by molar-refractivity contribution is 6.17. The van der Waals surface area contributed by atoms with E-state index in [2.05, 4.69) is 22.3 Å². The van der Waals surface area contributed by atoms with Crippen molar-refractivity contribution in [3.05, 3.63) is 59.7 Å². The van der Waals surface area contributed by atoms with E-state index in [0.29, 0.717) is 29.8 Å². The minimum Gasteiger partial charge on any atom is -0.465 e. The van der Waals surface area contributed by atoms with Gasteiger partial charge in [0, 0.05) is 11.4 Å². The number of benzene rings is 2. The Kier molecular flexibility index (Phi) is 5.26. The highest BCUT2D eigenvalue weighted by atomic mass is 16.5. The number of esters is 1. The maximum absolute atomic E-state index is 12.7. The van der Waals surface area contributed by atoms with Gasteiger partial charge in [0.1, 0.15) is 5.41 Å². The van der Waals surface area contributed by atoms with E-state index < -0.39 is 11.4 Å². The molecule has 0 spiro atoms. The molecule has 3 rings (SSSR count). The van der Waals surface area contributed by atoms with Gasteiger partial charge in [-0.3, -0.25) is 9.59 Å². The van der Waals surface area contributed by atoms with Crippen molar-refractivity contribution in [2.75, 3.05) is 17.7 Å². The second kappa shape index (κ2) is 7.61. The number of methoxy groups -OCH3 is 1. The fraction of sp³-hybridized carbons (Fsp3) is 0.286. The van der Waals surface area contributed by atoms with Gasteiger partial charge in [0.05, 0.1) is 12.7 Å². The number of hydrogen-bond donors (Lipinski definition) is 2. The van der Waals surface area contributed by atoms with Gasteiger partial charge in [-0.25, -0.2) is 4.79 Å². The van der Waals surface area contributed by atoms with Gasteiger partial charge in [-0.15, -0.1) is 0 Å². The molecule has 0 unspecified atom stereocenters. The molecule has 6 nitrogen and oxygen atoms in total. The topological polar surface area (TPSA) is 84.5 Å². The quantitative estimate of drug-likeness (QED) is 0.606. The maximum atomic E-state index is 12.7. The van der Waals surface area contributed by atoms with E-state index in [1.54, 1.807) is 18.2 Å². The zero-order chi connectivity index (χ0) is 19.4. The molecule has 0 aromatic heterocycles. The van der Waals surface area contributed by atoms with Gasteiger partial charge in [-0.2, -0.15) is 0 Å². The van der Waals surface area contributed by atoms with E-state index in [9.17, 15) is 14.4 Å². The number of amides is 2. The largest absolute Gasteiger partial charge is 0.465 e. The average molecular weight is 366 g/mol. The van der Waals surface area contributed by atoms with Crippen LogP contribution in [0.1, 0.15) is 35.7 Å². The lowest BCUT2D eigenvalue weighted by Crippen LogP contribution is -2.35. The first-order valence-corrected chi connectivity index (χ1v) is 8.89. The van der Waals surface area contributed by atoms with Crippen LogP contribution in [0.15, 0.2) is 48.5 Å². The molecule has 0 atom stereocenters. The molecule has 0 heterocycles. The summed E-state index contributed by atoms with van der Waals surface area (Å²) in [6, 6.07) is 14.0. The Morgan fingerprint density at radius 3 is 2.15 bits per heavy atom. The van der Waals surface area contributed by atoms with Crippen LogP contribution < -0.4 is 10.6 Å². The Hall–Kier alpha value is -3.15. The SMILES string of the molecule is CCc1ccc(NC(=O)C2(C(=O)Nc3cccc(C(=O)OC)c3)CC2)cc1. The second-order valence-corrected chi connectivity index (χ2v) is 6.61. The number of ether oxygens (including phenoxy) is 1. The molecule has 1 aliphatic rings. The van der Waals surface area contributed by atoms with Crippen molar-refractivity contribution in [3.8, 4) is 0 Å². The van der Waals surface area contributed by atoms with Gasteiger partial charge in [0.25, 0.3) is 0 Å². The van der Waals surface area contributed by atoms with E-state index in [1.165, 1.54) is 18.7 Å². The molecule has 6 heteroatoms. The molecule has 140 valence electrons. The third kappa shape index (κ3) is 4.00. The number of carbonyl (C=O) groups is 3. The standard InChI is InChI=1S/C21H22N2O4/c1-3-14-7-9-16(10-8-14)22-19(25)21(11-12-21)20(26)23-17-6-4-5-15(13-17)18(24)27-2/h4-10,13H,3,11-12H2,1-2H3,(H,22,25)(H,23,26). The van der Waals surface area contributed by atoms with Crippen molar-refractivity contribution < 1.29 is 19.1 Å². The monoisotopic (exact) mass is 366 g/mol. The normalized spacial score (nSPS) is 14.1. The third-order valence-electron chi connectivity index (χ3n) is 4.78. The molecule has 0 saturated heterocycles. The Balaban J connectivity index is 1.68. The first-order valence-electron chi connectivity index (χ1n) is 8.89. The molecule has 2 aromatic carbocycles. The predicted octanol–water partition coefficient (Wildman–Crippen LogP) is 3.39. The van der Waals surface area contributed by atoms with Gasteiger partial charge in [0.15, 0.2) is 0 Å². The summed E-state index contributed by atoms with van der Waals surface area (Å²) in [6.07, 6.45) is 1.91. The lowest BCUT2D eigenvalue weighted by atomic mass is 10.0. The number of carbonyl (C=O) groups excluding carboxylic acids is 3. The number of anilines is 2. The fourth-order valence-electron chi connectivity index (χ4n) is 2.85. The van der Waals surface area contributed by atoms with E-state index >= 15 is 0 Å². The van der Waals surface area contributed by atoms with Gasteiger partial charge >= 0.3 is 5.97 Å². The summed E-state index contributed by atoms with van der Waals surface area (Å²) < 4.78 is 4.68. The summed E-state index contributed by atoms with van der Waals surface area (Å²) in [5.74, 6) is -1.17. The first-order chi connectivity index (χ1) is 13.0. The Morgan fingerprint density at radius 1 is 0.963 bits per heavy atom. The smallest absolute Gasteiger partial charge is 0.337 e. The van der Waals surface area contributed by atoms with Crippen molar-refractivity contribution in [2.45, 2.75) is 26.2 Å². The number of aryl methyl sites for hydroxylation is 1. The summed E-state index contributed by atoms with van der Waals surface area (Å²) in [5, 5.41) is 5.57. The highest BCUT2D eigenvalue weighted by Crippen LogP contribution is 2.47. The number of hydrogen-bond acceptors (Lipinski definition) is 4. The van der Waals surface area contributed by atoms with Crippen LogP contribution in [-0.4, -0.2) is 24.9 Å². The molecule has 27 heavy (non-hydrogen) atoms. The van der Waals surface area contributed by atoms with Crippen LogP contribution >= 0.6 is 0 Å². The molecule has 0 aliphatic heterocycles. The molecule has 1 saturated carbocycles. The lowest BCUT2D eigenvalue weighted by molar-refractivity contribution is -0.131. The lowest BCUT2D eigenvalue weighted by Gasteiger charge is -2.16. The van der Waals surface area contributed by atoms with Gasteiger partial charge in [-0.05, 0) is 55.2 Å². The zero-order valence-electron chi connectivity index (χ0n) is 15.4. The van der Waals surface area contributed by atoms with Gasteiger partial charge in [0.2, 0.25) is 11.8 Å². The molecule has 0 radical (unpaired) electrons. The van der Waals surface area contributed by atoms with Gasteiger partial charge < -0.3 is 15.4 Å². The van der Waals surface area contributed by atoms with E-state index in [-0.39, 0.29) is 11.8 Å². The Morgan fingerprint density at radius 2 is 1.59 bits per heavy atom. The van der Waals surface area contributed by atoms with Crippen molar-refractivity contribution in [3.63, 3.8) is 0 Å². The summed E-state index contributed by atoms with van der Waals surface area (Å²) in [4.78, 5) is 37.0. The summed E-state index contributed by atoms with van der Waals surface area (Å²) in [5.41, 5.74) is 1.57. The molecule has 2 aromatic rings. The van der Waals surface area contributed by atoms with Crippen LogP contribution in [0.2, 0.25) is 0 Å². The van der Waals surface area contributed by atoms with Crippen LogP contribution in [0.3, 0.4) is 0 Å². The van der Waals surface area contributed by atoms with E-state index in [0.717, 1.165) is 6.42 Å².